The van der Waals surface area contributed by atoms with Crippen molar-refractivity contribution in [2.45, 2.75) is 19.0 Å². The van der Waals surface area contributed by atoms with Crippen molar-refractivity contribution in [2.24, 2.45) is 5.92 Å². The first-order chi connectivity index (χ1) is 6.47. The molecule has 7 heteroatoms. The van der Waals surface area contributed by atoms with Crippen LogP contribution in [0.2, 0.25) is 0 Å². The van der Waals surface area contributed by atoms with Gasteiger partial charge in [-0.15, -0.1) is 12.4 Å². The van der Waals surface area contributed by atoms with Crippen LogP contribution < -0.4 is 10.6 Å². The summed E-state index contributed by atoms with van der Waals surface area (Å²) in [6.07, 6.45) is -4.88. The maximum Gasteiger partial charge on any atom is 0.397 e. The first kappa shape index (κ1) is 14.5. The zero-order chi connectivity index (χ0) is 10.6. The molecule has 2 N–H and O–H groups in total. The molecule has 0 radical (unpaired) electrons. The van der Waals surface area contributed by atoms with Crippen molar-refractivity contribution in [3.05, 3.63) is 0 Å². The molecule has 90 valence electrons. The summed E-state index contributed by atoms with van der Waals surface area (Å²) < 4.78 is 35.2. The zero-order valence-electron chi connectivity index (χ0n) is 8.06. The predicted molar refractivity (Wildman–Crippen MR) is 51.9 cm³/mol. The summed E-state index contributed by atoms with van der Waals surface area (Å²) in [5, 5.41) is 5.35. The van der Waals surface area contributed by atoms with Gasteiger partial charge in [-0.25, -0.2) is 0 Å². The molecule has 1 unspecified atom stereocenters. The van der Waals surface area contributed by atoms with Crippen LogP contribution in [0.15, 0.2) is 0 Å². The summed E-state index contributed by atoms with van der Waals surface area (Å²) in [6.45, 7) is 1.98. The van der Waals surface area contributed by atoms with Gasteiger partial charge in [0.25, 0.3) is 0 Å². The number of alkyl halides is 3. The number of carbonyl (C=O) groups excluding carboxylic acids is 1. The van der Waals surface area contributed by atoms with Gasteiger partial charge in [-0.1, -0.05) is 0 Å². The van der Waals surface area contributed by atoms with Crippen LogP contribution in [0, 0.1) is 5.92 Å². The van der Waals surface area contributed by atoms with E-state index in [1.165, 1.54) is 0 Å². The van der Waals surface area contributed by atoms with Crippen LogP contribution in [0.5, 0.6) is 0 Å². The molecule has 1 aliphatic heterocycles. The molecular formula is C8H14ClF3N2O. The molecule has 3 nitrogen and oxygen atoms in total. The van der Waals surface area contributed by atoms with Gasteiger partial charge in [-0.3, -0.25) is 4.79 Å². The Kier molecular flexibility index (Phi) is 5.97. The summed E-state index contributed by atoms with van der Waals surface area (Å²) in [4.78, 5) is 10.8. The Morgan fingerprint density at radius 3 is 2.60 bits per heavy atom. The Morgan fingerprint density at radius 2 is 2.13 bits per heavy atom. The first-order valence-electron chi connectivity index (χ1n) is 4.51. The number of amides is 1. The van der Waals surface area contributed by atoms with E-state index >= 15 is 0 Å². The minimum atomic E-state index is -4.40. The van der Waals surface area contributed by atoms with Gasteiger partial charge in [-0.2, -0.15) is 13.2 Å². The van der Waals surface area contributed by atoms with E-state index in [2.05, 4.69) is 10.6 Å². The second-order valence-corrected chi connectivity index (χ2v) is 3.45. The quantitative estimate of drug-likeness (QED) is 0.783. The van der Waals surface area contributed by atoms with Crippen molar-refractivity contribution in [1.29, 1.82) is 0 Å². The van der Waals surface area contributed by atoms with Gasteiger partial charge in [0.2, 0.25) is 5.91 Å². The highest BCUT2D eigenvalue weighted by Crippen LogP contribution is 2.19. The fraction of sp³-hybridized carbons (Fsp3) is 0.875. The zero-order valence-corrected chi connectivity index (χ0v) is 8.88. The minimum absolute atomic E-state index is 0. The molecule has 0 aliphatic carbocycles. The second-order valence-electron chi connectivity index (χ2n) is 3.45. The summed E-state index contributed by atoms with van der Waals surface area (Å²) in [5.74, 6) is -0.670. The number of rotatable bonds is 3. The lowest BCUT2D eigenvalue weighted by Gasteiger charge is -2.11. The molecular weight excluding hydrogens is 233 g/mol. The van der Waals surface area contributed by atoms with Crippen LogP contribution in [0.4, 0.5) is 13.2 Å². The topological polar surface area (TPSA) is 41.1 Å². The number of hydrogen-bond donors (Lipinski definition) is 2. The molecule has 1 rings (SSSR count). The Hall–Kier alpha value is -0.490. The number of hydrogen-bond acceptors (Lipinski definition) is 2. The van der Waals surface area contributed by atoms with E-state index < -0.39 is 18.5 Å². The molecule has 0 aromatic heterocycles. The van der Waals surface area contributed by atoms with Crippen LogP contribution in [-0.4, -0.2) is 31.7 Å². The van der Waals surface area contributed by atoms with Gasteiger partial charge in [0.05, 0.1) is 0 Å². The Labute approximate surface area is 92.2 Å². The lowest BCUT2D eigenvalue weighted by atomic mass is 10.1. The van der Waals surface area contributed by atoms with Crippen LogP contribution >= 0.6 is 12.4 Å². The van der Waals surface area contributed by atoms with Crippen molar-refractivity contribution in [1.82, 2.24) is 10.6 Å². The number of carbonyl (C=O) groups is 1. The Morgan fingerprint density at radius 1 is 1.47 bits per heavy atom. The van der Waals surface area contributed by atoms with E-state index in [4.69, 9.17) is 0 Å². The molecule has 1 amide bonds. The predicted octanol–water partition coefficient (Wildman–Crippen LogP) is 1.09. The fourth-order valence-electron chi connectivity index (χ4n) is 1.39. The molecule has 15 heavy (non-hydrogen) atoms. The molecule has 0 saturated carbocycles. The normalized spacial score (nSPS) is 20.9. The van der Waals surface area contributed by atoms with Crippen LogP contribution in [0.3, 0.4) is 0 Å². The summed E-state index contributed by atoms with van der Waals surface area (Å²) in [5.41, 5.74) is 0. The monoisotopic (exact) mass is 246 g/mol. The molecule has 1 aliphatic rings. The fourth-order valence-corrected chi connectivity index (χ4v) is 1.39. The van der Waals surface area contributed by atoms with Crippen molar-refractivity contribution < 1.29 is 18.0 Å². The second kappa shape index (κ2) is 6.17. The Bertz CT molecular complexity index is 205. The highest BCUT2D eigenvalue weighted by Gasteiger charge is 2.31. The van der Waals surface area contributed by atoms with Gasteiger partial charge in [-0.05, 0) is 25.4 Å². The lowest BCUT2D eigenvalue weighted by Crippen LogP contribution is -2.33. The van der Waals surface area contributed by atoms with Gasteiger partial charge in [0, 0.05) is 6.54 Å². The maximum absolute atomic E-state index is 11.7. The lowest BCUT2D eigenvalue weighted by molar-refractivity contribution is -0.153. The van der Waals surface area contributed by atoms with Crippen molar-refractivity contribution in [3.8, 4) is 0 Å². The molecule has 0 bridgehead atoms. The van der Waals surface area contributed by atoms with Crippen molar-refractivity contribution >= 4 is 18.3 Å². The average Bonchev–Trinajstić information content (AvgIpc) is 2.49. The van der Waals surface area contributed by atoms with Crippen LogP contribution in [0.25, 0.3) is 0 Å². The van der Waals surface area contributed by atoms with Gasteiger partial charge in [0.15, 0.2) is 0 Å². The van der Waals surface area contributed by atoms with E-state index in [0.29, 0.717) is 6.54 Å². The number of halogens is 4. The van der Waals surface area contributed by atoms with E-state index in [1.54, 1.807) is 0 Å². The molecule has 0 aromatic carbocycles. The average molecular weight is 247 g/mol. The molecule has 0 aromatic rings. The molecule has 1 saturated heterocycles. The van der Waals surface area contributed by atoms with E-state index in [0.717, 1.165) is 19.5 Å². The standard InChI is InChI=1S/C8H13F3N2O.ClH/c9-8(10,11)3-7(14)13-5-6-1-2-12-4-6;/h6,12H,1-5H2,(H,13,14);1H. The third kappa shape index (κ3) is 6.57. The van der Waals surface area contributed by atoms with E-state index in [-0.39, 0.29) is 18.3 Å². The van der Waals surface area contributed by atoms with E-state index in [1.807, 2.05) is 0 Å². The van der Waals surface area contributed by atoms with Crippen LogP contribution in [0.1, 0.15) is 12.8 Å². The van der Waals surface area contributed by atoms with Gasteiger partial charge < -0.3 is 10.6 Å². The largest absolute Gasteiger partial charge is 0.397 e. The minimum Gasteiger partial charge on any atom is -0.355 e. The third-order valence-corrected chi connectivity index (χ3v) is 2.11. The van der Waals surface area contributed by atoms with Crippen LogP contribution in [-0.2, 0) is 4.79 Å². The molecule has 1 fully saturated rings. The maximum atomic E-state index is 11.7. The smallest absolute Gasteiger partial charge is 0.355 e. The summed E-state index contributed by atoms with van der Waals surface area (Å²) >= 11 is 0. The molecule has 1 atom stereocenters. The Balaban J connectivity index is 0.00000196. The summed E-state index contributed by atoms with van der Waals surface area (Å²) in [7, 11) is 0. The molecule has 1 heterocycles. The highest BCUT2D eigenvalue weighted by atomic mass is 35.5. The SMILES string of the molecule is Cl.O=C(CC(F)(F)F)NCC1CCNC1. The van der Waals surface area contributed by atoms with Crippen molar-refractivity contribution in [3.63, 3.8) is 0 Å². The highest BCUT2D eigenvalue weighted by molar-refractivity contribution is 5.85. The van der Waals surface area contributed by atoms with Crippen molar-refractivity contribution in [2.75, 3.05) is 19.6 Å². The summed E-state index contributed by atoms with van der Waals surface area (Å²) in [6, 6.07) is 0. The first-order valence-corrected chi connectivity index (χ1v) is 4.51. The molecule has 0 spiro atoms. The van der Waals surface area contributed by atoms with Gasteiger partial charge in [0.1, 0.15) is 6.42 Å². The van der Waals surface area contributed by atoms with E-state index in [9.17, 15) is 18.0 Å². The van der Waals surface area contributed by atoms with Gasteiger partial charge >= 0.3 is 6.18 Å². The number of nitrogens with one attached hydrogen (secondary N) is 2. The third-order valence-electron chi connectivity index (χ3n) is 2.11.